The van der Waals surface area contributed by atoms with Gasteiger partial charge in [-0.1, -0.05) is 84.9 Å². The summed E-state index contributed by atoms with van der Waals surface area (Å²) in [5.74, 6) is 0.597. The first-order valence-electron chi connectivity index (χ1n) is 7.76. The molecule has 1 heteroatoms. The Labute approximate surface area is 143 Å². The number of alkyl halides is 1. The van der Waals surface area contributed by atoms with Gasteiger partial charge in [-0.3, -0.25) is 0 Å². The van der Waals surface area contributed by atoms with Gasteiger partial charge in [0.2, 0.25) is 0 Å². The van der Waals surface area contributed by atoms with Crippen LogP contribution in [-0.2, 0) is 0 Å². The maximum atomic E-state index is 6.12. The maximum absolute atomic E-state index is 6.12. The minimum atomic E-state index is 0.597. The Kier molecular flexibility index (Phi) is 5.29. The van der Waals surface area contributed by atoms with Crippen LogP contribution in [0.5, 0.6) is 0 Å². The summed E-state index contributed by atoms with van der Waals surface area (Å²) >= 11 is 6.12. The average molecular weight is 318 g/mol. The molecule has 0 aromatic heterocycles. The van der Waals surface area contributed by atoms with Gasteiger partial charge in [-0.2, -0.15) is 0 Å². The molecule has 0 saturated heterocycles. The quantitative estimate of drug-likeness (QED) is 0.395. The van der Waals surface area contributed by atoms with E-state index in [1.165, 1.54) is 27.8 Å². The van der Waals surface area contributed by atoms with Crippen molar-refractivity contribution < 1.29 is 0 Å². The standard InChI is InChI=1S/C22H18Cl/c23-17-16-21(18-10-4-1-5-11-18)22(19-12-6-2-7-13-19)20-14-8-3-9-15-20/h1-2,4-15H,16-17H2. The van der Waals surface area contributed by atoms with E-state index in [0.717, 1.165) is 6.42 Å². The van der Waals surface area contributed by atoms with Crippen LogP contribution in [0.4, 0.5) is 0 Å². The first-order chi connectivity index (χ1) is 11.4. The zero-order valence-electron chi connectivity index (χ0n) is 12.9. The van der Waals surface area contributed by atoms with E-state index in [-0.39, 0.29) is 0 Å². The fourth-order valence-electron chi connectivity index (χ4n) is 2.82. The first kappa shape index (κ1) is 15.6. The molecule has 0 spiro atoms. The Bertz CT molecular complexity index is 717. The predicted octanol–water partition coefficient (Wildman–Crippen LogP) is 6.07. The van der Waals surface area contributed by atoms with Gasteiger partial charge < -0.3 is 0 Å². The van der Waals surface area contributed by atoms with Crippen LogP contribution in [-0.4, -0.2) is 5.88 Å². The van der Waals surface area contributed by atoms with Crippen molar-refractivity contribution in [3.05, 3.63) is 108 Å². The topological polar surface area (TPSA) is 0 Å². The Hall–Kier alpha value is -2.31. The van der Waals surface area contributed by atoms with Crippen molar-refractivity contribution in [1.29, 1.82) is 0 Å². The van der Waals surface area contributed by atoms with Gasteiger partial charge in [-0.05, 0) is 40.3 Å². The smallest absolute Gasteiger partial charge is 0.0264 e. The SMILES string of the molecule is ClCCC(=C(c1cc[c]cc1)c1ccccc1)c1ccccc1. The Morgan fingerprint density at radius 2 is 1.22 bits per heavy atom. The predicted molar refractivity (Wildman–Crippen MR) is 99.4 cm³/mol. The van der Waals surface area contributed by atoms with Crippen molar-refractivity contribution in [2.45, 2.75) is 6.42 Å². The molecule has 0 unspecified atom stereocenters. The summed E-state index contributed by atoms with van der Waals surface area (Å²) in [5, 5.41) is 0. The van der Waals surface area contributed by atoms with Gasteiger partial charge in [0, 0.05) is 5.88 Å². The third-order valence-corrected chi connectivity index (χ3v) is 4.03. The molecule has 0 fully saturated rings. The third kappa shape index (κ3) is 3.72. The number of hydrogen-bond acceptors (Lipinski definition) is 0. The van der Waals surface area contributed by atoms with Crippen molar-refractivity contribution in [2.24, 2.45) is 0 Å². The molecule has 1 radical (unpaired) electrons. The summed E-state index contributed by atoms with van der Waals surface area (Å²) in [4.78, 5) is 0. The van der Waals surface area contributed by atoms with Crippen LogP contribution in [0.3, 0.4) is 0 Å². The van der Waals surface area contributed by atoms with Crippen molar-refractivity contribution in [3.63, 3.8) is 0 Å². The van der Waals surface area contributed by atoms with Crippen LogP contribution in [0.2, 0.25) is 0 Å². The molecule has 0 atom stereocenters. The number of rotatable bonds is 5. The van der Waals surface area contributed by atoms with E-state index < -0.39 is 0 Å². The highest BCUT2D eigenvalue weighted by Gasteiger charge is 2.13. The van der Waals surface area contributed by atoms with E-state index >= 15 is 0 Å². The molecule has 0 heterocycles. The van der Waals surface area contributed by atoms with Crippen molar-refractivity contribution in [2.75, 3.05) is 5.88 Å². The van der Waals surface area contributed by atoms with E-state index in [0.29, 0.717) is 5.88 Å². The Morgan fingerprint density at radius 3 is 1.78 bits per heavy atom. The maximum Gasteiger partial charge on any atom is 0.0264 e. The largest absolute Gasteiger partial charge is 0.126 e. The molecule has 0 aliphatic heterocycles. The molecule has 113 valence electrons. The summed E-state index contributed by atoms with van der Waals surface area (Å²) in [6, 6.07) is 32.3. The minimum absolute atomic E-state index is 0.597. The van der Waals surface area contributed by atoms with Gasteiger partial charge in [0.05, 0.1) is 0 Å². The van der Waals surface area contributed by atoms with E-state index in [1.54, 1.807) is 0 Å². The lowest BCUT2D eigenvalue weighted by atomic mass is 9.88. The second-order valence-electron chi connectivity index (χ2n) is 5.31. The van der Waals surface area contributed by atoms with Crippen molar-refractivity contribution in [3.8, 4) is 0 Å². The summed E-state index contributed by atoms with van der Waals surface area (Å²) in [5.41, 5.74) is 6.14. The molecule has 0 saturated carbocycles. The second-order valence-corrected chi connectivity index (χ2v) is 5.69. The van der Waals surface area contributed by atoms with Crippen LogP contribution in [0.1, 0.15) is 23.1 Å². The number of allylic oxidation sites excluding steroid dienone is 1. The Balaban J connectivity index is 2.27. The van der Waals surface area contributed by atoms with Crippen LogP contribution < -0.4 is 0 Å². The van der Waals surface area contributed by atoms with Gasteiger partial charge in [0.25, 0.3) is 0 Å². The molecular weight excluding hydrogens is 300 g/mol. The van der Waals surface area contributed by atoms with Gasteiger partial charge in [-0.15, -0.1) is 11.6 Å². The first-order valence-corrected chi connectivity index (χ1v) is 8.30. The molecule has 3 aromatic rings. The lowest BCUT2D eigenvalue weighted by Crippen LogP contribution is -1.96. The van der Waals surface area contributed by atoms with Crippen LogP contribution in [0.15, 0.2) is 84.9 Å². The van der Waals surface area contributed by atoms with E-state index in [2.05, 4.69) is 66.7 Å². The van der Waals surface area contributed by atoms with E-state index in [4.69, 9.17) is 11.6 Å². The van der Waals surface area contributed by atoms with Gasteiger partial charge in [0.1, 0.15) is 0 Å². The fourth-order valence-corrected chi connectivity index (χ4v) is 3.01. The van der Waals surface area contributed by atoms with Crippen LogP contribution in [0, 0.1) is 6.07 Å². The third-order valence-electron chi connectivity index (χ3n) is 3.84. The molecule has 3 aromatic carbocycles. The molecule has 23 heavy (non-hydrogen) atoms. The molecule has 0 amide bonds. The molecule has 0 aliphatic carbocycles. The normalized spacial score (nSPS) is 11.9. The lowest BCUT2D eigenvalue weighted by Gasteiger charge is -2.16. The monoisotopic (exact) mass is 317 g/mol. The van der Waals surface area contributed by atoms with Gasteiger partial charge in [0.15, 0.2) is 0 Å². The number of benzene rings is 3. The minimum Gasteiger partial charge on any atom is -0.126 e. The summed E-state index contributed by atoms with van der Waals surface area (Å²) < 4.78 is 0. The van der Waals surface area contributed by atoms with Crippen molar-refractivity contribution >= 4 is 22.7 Å². The highest BCUT2D eigenvalue weighted by molar-refractivity contribution is 6.18. The second kappa shape index (κ2) is 7.80. The highest BCUT2D eigenvalue weighted by Crippen LogP contribution is 2.34. The van der Waals surface area contributed by atoms with Crippen molar-refractivity contribution in [1.82, 2.24) is 0 Å². The molecule has 0 nitrogen and oxygen atoms in total. The average Bonchev–Trinajstić information content (AvgIpc) is 2.64. The molecule has 0 N–H and O–H groups in total. The molecular formula is C22H18Cl. The molecule has 3 rings (SSSR count). The summed E-state index contributed by atoms with van der Waals surface area (Å²) in [6.45, 7) is 0. The molecule has 0 aliphatic rings. The summed E-state index contributed by atoms with van der Waals surface area (Å²) in [7, 11) is 0. The van der Waals surface area contributed by atoms with E-state index in [1.807, 2.05) is 24.3 Å². The highest BCUT2D eigenvalue weighted by atomic mass is 35.5. The van der Waals surface area contributed by atoms with Crippen LogP contribution >= 0.6 is 11.6 Å². The zero-order valence-corrected chi connectivity index (χ0v) is 13.6. The summed E-state index contributed by atoms with van der Waals surface area (Å²) in [6.07, 6.45) is 0.828. The fraction of sp³-hybridized carbons (Fsp3) is 0.0909. The lowest BCUT2D eigenvalue weighted by molar-refractivity contribution is 1.25. The van der Waals surface area contributed by atoms with E-state index in [9.17, 15) is 0 Å². The number of halogens is 1. The van der Waals surface area contributed by atoms with Crippen LogP contribution in [0.25, 0.3) is 11.1 Å². The molecule has 0 bridgehead atoms. The number of hydrogen-bond donors (Lipinski definition) is 0. The zero-order chi connectivity index (χ0) is 15.9. The van der Waals surface area contributed by atoms with Gasteiger partial charge >= 0.3 is 0 Å². The Morgan fingerprint density at radius 1 is 0.696 bits per heavy atom. The van der Waals surface area contributed by atoms with Gasteiger partial charge in [-0.25, -0.2) is 0 Å².